The normalized spacial score (nSPS) is 11.4. The van der Waals surface area contributed by atoms with Crippen molar-refractivity contribution in [1.29, 1.82) is 0 Å². The molecule has 0 unspecified atom stereocenters. The lowest BCUT2D eigenvalue weighted by Crippen LogP contribution is -2.25. The quantitative estimate of drug-likeness (QED) is 0.862. The maximum Gasteiger partial charge on any atom is 0.328 e. The number of hydrogen-bond donors (Lipinski definition) is 1. The molecule has 0 atom stereocenters. The second kappa shape index (κ2) is 6.54. The van der Waals surface area contributed by atoms with Crippen molar-refractivity contribution in [1.82, 2.24) is 4.57 Å². The smallest absolute Gasteiger partial charge is 0.328 e. The standard InChI is InChI=1S/C16H17NO3S/c1-11(2)10-17-13(14-4-3-9-21-14)7-5-12(16(17)20)6-8-15(18)19/h3-9,11H,10H2,1-2H3,(H,18,19)/b8-6+. The van der Waals surface area contributed by atoms with Gasteiger partial charge in [0.05, 0.1) is 10.6 Å². The number of nitrogens with zero attached hydrogens (tertiary/aromatic N) is 1. The van der Waals surface area contributed by atoms with E-state index in [1.165, 1.54) is 6.08 Å². The summed E-state index contributed by atoms with van der Waals surface area (Å²) in [6, 6.07) is 7.47. The highest BCUT2D eigenvalue weighted by Crippen LogP contribution is 2.24. The number of carboxylic acids is 1. The molecule has 4 nitrogen and oxygen atoms in total. The Bertz CT molecular complexity index is 712. The van der Waals surface area contributed by atoms with Crippen LogP contribution in [0.25, 0.3) is 16.6 Å². The van der Waals surface area contributed by atoms with Crippen molar-refractivity contribution in [2.75, 3.05) is 0 Å². The molecular formula is C16H17NO3S. The SMILES string of the molecule is CC(C)Cn1c(-c2cccs2)ccc(/C=C/C(=O)O)c1=O. The minimum atomic E-state index is -1.06. The van der Waals surface area contributed by atoms with Gasteiger partial charge in [0.1, 0.15) is 0 Å². The van der Waals surface area contributed by atoms with Crippen LogP contribution < -0.4 is 5.56 Å². The number of hydrogen-bond acceptors (Lipinski definition) is 3. The summed E-state index contributed by atoms with van der Waals surface area (Å²) in [5, 5.41) is 10.7. The fourth-order valence-electron chi connectivity index (χ4n) is 2.07. The van der Waals surface area contributed by atoms with Gasteiger partial charge in [0.15, 0.2) is 0 Å². The molecule has 0 fully saturated rings. The number of carboxylic acid groups (broad SMARTS) is 1. The summed E-state index contributed by atoms with van der Waals surface area (Å²) < 4.78 is 1.72. The molecule has 21 heavy (non-hydrogen) atoms. The zero-order chi connectivity index (χ0) is 15.4. The van der Waals surface area contributed by atoms with Crippen LogP contribution in [0.1, 0.15) is 19.4 Å². The predicted molar refractivity (Wildman–Crippen MR) is 85.5 cm³/mol. The molecule has 2 heterocycles. The second-order valence-electron chi connectivity index (χ2n) is 5.13. The molecule has 2 aromatic heterocycles. The van der Waals surface area contributed by atoms with Gasteiger partial charge in [-0.2, -0.15) is 0 Å². The molecule has 0 saturated heterocycles. The van der Waals surface area contributed by atoms with Gasteiger partial charge in [-0.1, -0.05) is 19.9 Å². The van der Waals surface area contributed by atoms with Crippen molar-refractivity contribution in [3.8, 4) is 10.6 Å². The monoisotopic (exact) mass is 303 g/mol. The molecule has 110 valence electrons. The molecule has 5 heteroatoms. The number of aliphatic carboxylic acids is 1. The maximum absolute atomic E-state index is 12.6. The van der Waals surface area contributed by atoms with E-state index in [9.17, 15) is 9.59 Å². The van der Waals surface area contributed by atoms with Crippen LogP contribution in [0.5, 0.6) is 0 Å². The summed E-state index contributed by atoms with van der Waals surface area (Å²) in [5.41, 5.74) is 1.10. The first-order valence-corrected chi connectivity index (χ1v) is 7.55. The maximum atomic E-state index is 12.6. The largest absolute Gasteiger partial charge is 0.478 e. The first-order chi connectivity index (χ1) is 9.99. The van der Waals surface area contributed by atoms with Crippen LogP contribution in [-0.2, 0) is 11.3 Å². The summed E-state index contributed by atoms with van der Waals surface area (Å²) in [4.78, 5) is 24.2. The fraction of sp³-hybridized carbons (Fsp3) is 0.250. The Morgan fingerprint density at radius 3 is 2.71 bits per heavy atom. The molecule has 0 spiro atoms. The lowest BCUT2D eigenvalue weighted by molar-refractivity contribution is -0.131. The molecular weight excluding hydrogens is 286 g/mol. The minimum Gasteiger partial charge on any atom is -0.478 e. The Balaban J connectivity index is 2.56. The van der Waals surface area contributed by atoms with E-state index in [4.69, 9.17) is 5.11 Å². The Hall–Kier alpha value is -2.14. The predicted octanol–water partition coefficient (Wildman–Crippen LogP) is 3.33. The zero-order valence-corrected chi connectivity index (χ0v) is 12.8. The van der Waals surface area contributed by atoms with Gasteiger partial charge < -0.3 is 9.67 Å². The number of rotatable bonds is 5. The van der Waals surface area contributed by atoms with E-state index in [0.29, 0.717) is 18.0 Å². The minimum absolute atomic E-state index is 0.160. The summed E-state index contributed by atoms with van der Waals surface area (Å²) in [6.07, 6.45) is 2.33. The molecule has 0 saturated carbocycles. The van der Waals surface area contributed by atoms with Crippen molar-refractivity contribution in [3.05, 3.63) is 51.6 Å². The molecule has 0 radical (unpaired) electrons. The average Bonchev–Trinajstić information content (AvgIpc) is 2.93. The van der Waals surface area contributed by atoms with Crippen LogP contribution in [0.15, 0.2) is 40.5 Å². The topological polar surface area (TPSA) is 59.3 Å². The van der Waals surface area contributed by atoms with Gasteiger partial charge in [0.2, 0.25) is 0 Å². The fourth-order valence-corrected chi connectivity index (χ4v) is 2.83. The van der Waals surface area contributed by atoms with Crippen LogP contribution in [-0.4, -0.2) is 15.6 Å². The lowest BCUT2D eigenvalue weighted by atomic mass is 10.1. The highest BCUT2D eigenvalue weighted by atomic mass is 32.1. The van der Waals surface area contributed by atoms with Crippen molar-refractivity contribution >= 4 is 23.4 Å². The molecule has 1 N–H and O–H groups in total. The Kier molecular flexibility index (Phi) is 4.75. The summed E-state index contributed by atoms with van der Waals surface area (Å²) in [7, 11) is 0. The van der Waals surface area contributed by atoms with Crippen LogP contribution in [0, 0.1) is 5.92 Å². The molecule has 0 aliphatic rings. The molecule has 0 bridgehead atoms. The average molecular weight is 303 g/mol. The third-order valence-corrected chi connectivity index (χ3v) is 3.82. The van der Waals surface area contributed by atoms with Crippen LogP contribution in [0.3, 0.4) is 0 Å². The van der Waals surface area contributed by atoms with Crippen LogP contribution in [0.4, 0.5) is 0 Å². The van der Waals surface area contributed by atoms with E-state index in [2.05, 4.69) is 0 Å². The number of aromatic nitrogens is 1. The summed E-state index contributed by atoms with van der Waals surface area (Å²) in [6.45, 7) is 4.69. The number of thiophene rings is 1. The Morgan fingerprint density at radius 1 is 1.38 bits per heavy atom. The summed E-state index contributed by atoms with van der Waals surface area (Å²) >= 11 is 1.58. The van der Waals surface area contributed by atoms with Gasteiger partial charge in [-0.3, -0.25) is 4.79 Å². The van der Waals surface area contributed by atoms with E-state index in [0.717, 1.165) is 16.6 Å². The van der Waals surface area contributed by atoms with Crippen molar-refractivity contribution in [2.24, 2.45) is 5.92 Å². The molecule has 0 amide bonds. The van der Waals surface area contributed by atoms with Gasteiger partial charge in [0.25, 0.3) is 5.56 Å². The van der Waals surface area contributed by atoms with Crippen molar-refractivity contribution in [2.45, 2.75) is 20.4 Å². The number of pyridine rings is 1. The highest BCUT2D eigenvalue weighted by Gasteiger charge is 2.11. The molecule has 0 aliphatic heterocycles. The molecule has 0 aliphatic carbocycles. The van der Waals surface area contributed by atoms with Crippen LogP contribution >= 0.6 is 11.3 Å². The second-order valence-corrected chi connectivity index (χ2v) is 6.08. The number of carbonyl (C=O) groups is 1. The van der Waals surface area contributed by atoms with Gasteiger partial charge in [0, 0.05) is 18.2 Å². The lowest BCUT2D eigenvalue weighted by Gasteiger charge is -2.14. The van der Waals surface area contributed by atoms with E-state index < -0.39 is 5.97 Å². The van der Waals surface area contributed by atoms with Gasteiger partial charge in [-0.25, -0.2) is 4.79 Å². The first-order valence-electron chi connectivity index (χ1n) is 6.67. The van der Waals surface area contributed by atoms with E-state index in [1.54, 1.807) is 22.0 Å². The molecule has 0 aromatic carbocycles. The summed E-state index contributed by atoms with van der Waals surface area (Å²) in [5.74, 6) is -0.743. The Labute approximate surface area is 127 Å². The Morgan fingerprint density at radius 2 is 2.14 bits per heavy atom. The van der Waals surface area contributed by atoms with Gasteiger partial charge in [-0.15, -0.1) is 11.3 Å². The van der Waals surface area contributed by atoms with Crippen LogP contribution in [0.2, 0.25) is 0 Å². The highest BCUT2D eigenvalue weighted by molar-refractivity contribution is 7.13. The third-order valence-electron chi connectivity index (χ3n) is 2.93. The van der Waals surface area contributed by atoms with Crippen molar-refractivity contribution < 1.29 is 9.90 Å². The molecule has 2 aromatic rings. The zero-order valence-electron chi connectivity index (χ0n) is 11.9. The first kappa shape index (κ1) is 15.3. The van der Waals surface area contributed by atoms with E-state index >= 15 is 0 Å². The molecule has 2 rings (SSSR count). The van der Waals surface area contributed by atoms with Gasteiger partial charge in [-0.05, 0) is 35.6 Å². The van der Waals surface area contributed by atoms with Crippen molar-refractivity contribution in [3.63, 3.8) is 0 Å². The third kappa shape index (κ3) is 3.70. The van der Waals surface area contributed by atoms with Gasteiger partial charge >= 0.3 is 5.97 Å². The van der Waals surface area contributed by atoms with E-state index in [1.807, 2.05) is 37.4 Å². The van der Waals surface area contributed by atoms with E-state index in [-0.39, 0.29) is 5.56 Å².